The average Bonchev–Trinajstić information content (AvgIpc) is 2.42. The van der Waals surface area contributed by atoms with Crippen molar-refractivity contribution in [3.63, 3.8) is 0 Å². The summed E-state index contributed by atoms with van der Waals surface area (Å²) < 4.78 is 0. The zero-order chi connectivity index (χ0) is 14.5. The van der Waals surface area contributed by atoms with Crippen molar-refractivity contribution in [3.8, 4) is 0 Å². The average molecular weight is 297 g/mol. The van der Waals surface area contributed by atoms with Crippen molar-refractivity contribution in [2.24, 2.45) is 0 Å². The predicted molar refractivity (Wildman–Crippen MR) is 86.1 cm³/mol. The highest BCUT2D eigenvalue weighted by molar-refractivity contribution is 6.33. The van der Waals surface area contributed by atoms with Crippen LogP contribution in [0.4, 0.5) is 5.69 Å². The Hall–Kier alpha value is -0.810. The number of hydrogen-bond donors (Lipinski definition) is 1. The molecule has 0 amide bonds. The molecule has 20 heavy (non-hydrogen) atoms. The fourth-order valence-electron chi connectivity index (χ4n) is 2.44. The summed E-state index contributed by atoms with van der Waals surface area (Å²) >= 11 is 6.07. The van der Waals surface area contributed by atoms with Gasteiger partial charge in [-0.2, -0.15) is 0 Å². The summed E-state index contributed by atoms with van der Waals surface area (Å²) in [5.41, 5.74) is 7.64. The van der Waals surface area contributed by atoms with Gasteiger partial charge in [0.2, 0.25) is 0 Å². The molecule has 0 aliphatic carbocycles. The quantitative estimate of drug-likeness (QED) is 0.837. The molecule has 0 saturated carbocycles. The second-order valence-electron chi connectivity index (χ2n) is 5.78. The van der Waals surface area contributed by atoms with Crippen LogP contribution in [0.15, 0.2) is 18.2 Å². The molecule has 0 spiro atoms. The first-order chi connectivity index (χ1) is 9.54. The minimum Gasteiger partial charge on any atom is -0.398 e. The highest BCUT2D eigenvalue weighted by Gasteiger charge is 2.16. The molecule has 0 unspecified atom stereocenters. The van der Waals surface area contributed by atoms with Gasteiger partial charge in [0.15, 0.2) is 0 Å². The van der Waals surface area contributed by atoms with Gasteiger partial charge in [-0.15, -0.1) is 0 Å². The standard InChI is InChI=1S/C15H25ClN4/c1-18(2)5-6-19-7-9-20(10-8-19)12-13-3-4-15(17)14(16)11-13/h3-4,11H,5-10,12,17H2,1-2H3. The van der Waals surface area contributed by atoms with Crippen LogP contribution in [0.5, 0.6) is 0 Å². The molecule has 4 nitrogen and oxygen atoms in total. The Morgan fingerprint density at radius 3 is 2.40 bits per heavy atom. The minimum atomic E-state index is 0.656. The first-order valence-electron chi connectivity index (χ1n) is 7.18. The van der Waals surface area contributed by atoms with E-state index in [9.17, 15) is 0 Å². The molecule has 1 aliphatic rings. The minimum absolute atomic E-state index is 0.656. The van der Waals surface area contributed by atoms with Gasteiger partial charge in [-0.1, -0.05) is 17.7 Å². The Kier molecular flexibility index (Phi) is 5.66. The Balaban J connectivity index is 1.77. The summed E-state index contributed by atoms with van der Waals surface area (Å²) in [4.78, 5) is 7.25. The molecule has 1 saturated heterocycles. The summed E-state index contributed by atoms with van der Waals surface area (Å²) in [6, 6.07) is 5.94. The van der Waals surface area contributed by atoms with E-state index in [-0.39, 0.29) is 0 Å². The number of rotatable bonds is 5. The second kappa shape index (κ2) is 7.27. The smallest absolute Gasteiger partial charge is 0.0638 e. The second-order valence-corrected chi connectivity index (χ2v) is 6.18. The lowest BCUT2D eigenvalue weighted by Crippen LogP contribution is -2.47. The number of likely N-dealkylation sites (N-methyl/N-ethyl adjacent to an activating group) is 1. The molecule has 5 heteroatoms. The molecular formula is C15H25ClN4. The van der Waals surface area contributed by atoms with Crippen LogP contribution < -0.4 is 5.73 Å². The molecule has 2 N–H and O–H groups in total. The van der Waals surface area contributed by atoms with Crippen LogP contribution in [0.25, 0.3) is 0 Å². The molecule has 112 valence electrons. The SMILES string of the molecule is CN(C)CCN1CCN(Cc2ccc(N)c(Cl)c2)CC1. The number of anilines is 1. The molecule has 1 aliphatic heterocycles. The van der Waals surface area contributed by atoms with Gasteiger partial charge < -0.3 is 10.6 Å². The van der Waals surface area contributed by atoms with Gasteiger partial charge in [0.25, 0.3) is 0 Å². The van der Waals surface area contributed by atoms with Gasteiger partial charge in [-0.05, 0) is 31.8 Å². The Bertz CT molecular complexity index is 428. The van der Waals surface area contributed by atoms with E-state index in [1.807, 2.05) is 12.1 Å². The number of piperazine rings is 1. The lowest BCUT2D eigenvalue weighted by molar-refractivity contribution is 0.120. The highest BCUT2D eigenvalue weighted by Crippen LogP contribution is 2.20. The summed E-state index contributed by atoms with van der Waals surface area (Å²) in [5.74, 6) is 0. The number of benzene rings is 1. The van der Waals surface area contributed by atoms with Crippen LogP contribution in [-0.4, -0.2) is 68.1 Å². The lowest BCUT2D eigenvalue weighted by atomic mass is 10.2. The maximum atomic E-state index is 6.07. The zero-order valence-corrected chi connectivity index (χ0v) is 13.2. The van der Waals surface area contributed by atoms with E-state index in [2.05, 4.69) is 34.9 Å². The normalized spacial score (nSPS) is 17.8. The first-order valence-corrected chi connectivity index (χ1v) is 7.56. The Labute approximate surface area is 127 Å². The molecular weight excluding hydrogens is 272 g/mol. The van der Waals surface area contributed by atoms with Gasteiger partial charge in [0.05, 0.1) is 10.7 Å². The Morgan fingerprint density at radius 1 is 1.15 bits per heavy atom. The van der Waals surface area contributed by atoms with Crippen molar-refractivity contribution in [3.05, 3.63) is 28.8 Å². The number of halogens is 1. The van der Waals surface area contributed by atoms with Crippen LogP contribution in [0.3, 0.4) is 0 Å². The molecule has 0 aromatic heterocycles. The summed E-state index contributed by atoms with van der Waals surface area (Å²) in [7, 11) is 4.25. The van der Waals surface area contributed by atoms with Crippen LogP contribution in [-0.2, 0) is 6.54 Å². The molecule has 0 bridgehead atoms. The van der Waals surface area contributed by atoms with Gasteiger partial charge in [-0.25, -0.2) is 0 Å². The molecule has 1 heterocycles. The fraction of sp³-hybridized carbons (Fsp3) is 0.600. The van der Waals surface area contributed by atoms with Crippen molar-refractivity contribution in [1.82, 2.24) is 14.7 Å². The van der Waals surface area contributed by atoms with Crippen molar-refractivity contribution in [1.29, 1.82) is 0 Å². The van der Waals surface area contributed by atoms with E-state index < -0.39 is 0 Å². The van der Waals surface area contributed by atoms with E-state index in [1.165, 1.54) is 5.56 Å². The third-order valence-corrected chi connectivity index (χ3v) is 4.13. The topological polar surface area (TPSA) is 35.7 Å². The van der Waals surface area contributed by atoms with Crippen molar-refractivity contribution in [2.75, 3.05) is 59.1 Å². The summed E-state index contributed by atoms with van der Waals surface area (Å²) in [6.45, 7) is 7.79. The zero-order valence-electron chi connectivity index (χ0n) is 12.5. The largest absolute Gasteiger partial charge is 0.398 e. The number of nitrogen functional groups attached to an aromatic ring is 1. The summed E-state index contributed by atoms with van der Waals surface area (Å²) in [5, 5.41) is 0.659. The molecule has 0 atom stereocenters. The van der Waals surface area contributed by atoms with Crippen LogP contribution in [0, 0.1) is 0 Å². The first kappa shape index (κ1) is 15.6. The number of nitrogens with zero attached hydrogens (tertiary/aromatic N) is 3. The van der Waals surface area contributed by atoms with Crippen LogP contribution in [0.2, 0.25) is 5.02 Å². The van der Waals surface area contributed by atoms with E-state index in [0.29, 0.717) is 10.7 Å². The van der Waals surface area contributed by atoms with Gasteiger partial charge in [-0.3, -0.25) is 9.80 Å². The predicted octanol–water partition coefficient (Wildman–Crippen LogP) is 1.60. The summed E-state index contributed by atoms with van der Waals surface area (Å²) in [6.07, 6.45) is 0. The van der Waals surface area contributed by atoms with E-state index >= 15 is 0 Å². The van der Waals surface area contributed by atoms with Crippen molar-refractivity contribution < 1.29 is 0 Å². The number of hydrogen-bond acceptors (Lipinski definition) is 4. The van der Waals surface area contributed by atoms with Crippen LogP contribution in [0.1, 0.15) is 5.56 Å². The van der Waals surface area contributed by atoms with Gasteiger partial charge in [0.1, 0.15) is 0 Å². The maximum Gasteiger partial charge on any atom is 0.0638 e. The van der Waals surface area contributed by atoms with Gasteiger partial charge >= 0.3 is 0 Å². The monoisotopic (exact) mass is 296 g/mol. The third-order valence-electron chi connectivity index (χ3n) is 3.80. The molecule has 0 radical (unpaired) electrons. The van der Waals surface area contributed by atoms with Gasteiger partial charge in [0, 0.05) is 45.8 Å². The molecule has 1 aromatic rings. The van der Waals surface area contributed by atoms with Crippen LogP contribution >= 0.6 is 11.6 Å². The van der Waals surface area contributed by atoms with E-state index in [4.69, 9.17) is 17.3 Å². The van der Waals surface area contributed by atoms with E-state index in [1.54, 1.807) is 0 Å². The third kappa shape index (κ3) is 4.63. The molecule has 1 fully saturated rings. The van der Waals surface area contributed by atoms with Crippen molar-refractivity contribution in [2.45, 2.75) is 6.54 Å². The lowest BCUT2D eigenvalue weighted by Gasteiger charge is -2.35. The van der Waals surface area contributed by atoms with E-state index in [0.717, 1.165) is 45.8 Å². The highest BCUT2D eigenvalue weighted by atomic mass is 35.5. The molecule has 2 rings (SSSR count). The maximum absolute atomic E-state index is 6.07. The molecule has 1 aromatic carbocycles. The van der Waals surface area contributed by atoms with Crippen molar-refractivity contribution >= 4 is 17.3 Å². The number of nitrogens with two attached hydrogens (primary N) is 1. The fourth-order valence-corrected chi connectivity index (χ4v) is 2.64. The Morgan fingerprint density at radius 2 is 1.80 bits per heavy atom.